The van der Waals surface area contributed by atoms with Gasteiger partial charge in [-0.05, 0) is 29.7 Å². The van der Waals surface area contributed by atoms with Crippen LogP contribution in [0.2, 0.25) is 0 Å². The van der Waals surface area contributed by atoms with Gasteiger partial charge in [0.1, 0.15) is 0 Å². The smallest absolute Gasteiger partial charge is 0.00992 e. The molecule has 0 aliphatic rings. The average molecular weight is 404 g/mol. The van der Waals surface area contributed by atoms with E-state index in [0.717, 1.165) is 23.0 Å². The van der Waals surface area contributed by atoms with E-state index < -0.39 is 0 Å². The second-order valence-electron chi connectivity index (χ2n) is 6.05. The lowest BCUT2D eigenvalue weighted by atomic mass is 9.76. The molecule has 0 fully saturated rings. The molecule has 0 aliphatic carbocycles. The Morgan fingerprint density at radius 3 is 2.20 bits per heavy atom. The predicted molar refractivity (Wildman–Crippen MR) is 98.1 cm³/mol. The molecule has 0 saturated carbocycles. The van der Waals surface area contributed by atoms with Gasteiger partial charge >= 0.3 is 0 Å². The summed E-state index contributed by atoms with van der Waals surface area (Å²) in [6, 6.07) is 10.9. The maximum atomic E-state index is 3.79. The highest BCUT2D eigenvalue weighted by molar-refractivity contribution is 9.09. The molecule has 0 radical (unpaired) electrons. The van der Waals surface area contributed by atoms with Crippen LogP contribution in [0, 0.1) is 11.3 Å². The zero-order chi connectivity index (χ0) is 14.8. The molecule has 1 atom stereocenters. The van der Waals surface area contributed by atoms with Gasteiger partial charge in [0.2, 0.25) is 0 Å². The standard InChI is InChI=1S/C18H28Br2/c1-3-5-9-16(4-2)12-18(14-19,15-20)13-17-10-7-6-8-11-17/h6-8,10-11,16H,3-5,9,12-15H2,1-2H3. The number of alkyl halides is 2. The summed E-state index contributed by atoms with van der Waals surface area (Å²) in [4.78, 5) is 0. The van der Waals surface area contributed by atoms with Gasteiger partial charge in [-0.2, -0.15) is 0 Å². The molecule has 114 valence electrons. The fourth-order valence-corrected chi connectivity index (χ4v) is 4.68. The summed E-state index contributed by atoms with van der Waals surface area (Å²) < 4.78 is 0. The molecule has 1 unspecified atom stereocenters. The van der Waals surface area contributed by atoms with Crippen LogP contribution in [0.3, 0.4) is 0 Å². The van der Waals surface area contributed by atoms with Crippen LogP contribution in [-0.2, 0) is 6.42 Å². The summed E-state index contributed by atoms with van der Waals surface area (Å²) >= 11 is 7.57. The number of rotatable bonds is 10. The van der Waals surface area contributed by atoms with Crippen LogP contribution < -0.4 is 0 Å². The molecule has 0 aliphatic heterocycles. The van der Waals surface area contributed by atoms with Crippen molar-refractivity contribution in [3.8, 4) is 0 Å². The van der Waals surface area contributed by atoms with Crippen LogP contribution in [0.25, 0.3) is 0 Å². The molecule has 0 bridgehead atoms. The molecule has 0 amide bonds. The van der Waals surface area contributed by atoms with E-state index in [1.165, 1.54) is 37.7 Å². The third kappa shape index (κ3) is 5.89. The lowest BCUT2D eigenvalue weighted by Crippen LogP contribution is -2.30. The van der Waals surface area contributed by atoms with Crippen molar-refractivity contribution in [2.45, 2.75) is 52.4 Å². The molecule has 1 aromatic carbocycles. The van der Waals surface area contributed by atoms with Gasteiger partial charge in [-0.1, -0.05) is 102 Å². The van der Waals surface area contributed by atoms with E-state index in [1.54, 1.807) is 0 Å². The van der Waals surface area contributed by atoms with Crippen LogP contribution in [0.1, 0.15) is 51.5 Å². The van der Waals surface area contributed by atoms with Crippen molar-refractivity contribution in [1.82, 2.24) is 0 Å². The van der Waals surface area contributed by atoms with Crippen molar-refractivity contribution < 1.29 is 0 Å². The Labute approximate surface area is 142 Å². The minimum atomic E-state index is 0.343. The molecule has 0 heterocycles. The highest BCUT2D eigenvalue weighted by atomic mass is 79.9. The summed E-state index contributed by atoms with van der Waals surface area (Å²) in [6.45, 7) is 4.63. The maximum absolute atomic E-state index is 3.79. The number of halogens is 2. The summed E-state index contributed by atoms with van der Waals surface area (Å²) in [7, 11) is 0. The molecular formula is C18H28Br2. The summed E-state index contributed by atoms with van der Waals surface area (Å²) in [5, 5.41) is 2.14. The Bertz CT molecular complexity index is 344. The molecule has 0 nitrogen and oxygen atoms in total. The molecule has 0 aromatic heterocycles. The number of hydrogen-bond donors (Lipinski definition) is 0. The normalized spacial score (nSPS) is 13.4. The highest BCUT2D eigenvalue weighted by Crippen LogP contribution is 2.37. The van der Waals surface area contributed by atoms with E-state index in [1.807, 2.05) is 0 Å². The number of unbranched alkanes of at least 4 members (excludes halogenated alkanes) is 1. The minimum Gasteiger partial charge on any atom is -0.0922 e. The average Bonchev–Trinajstić information content (AvgIpc) is 2.51. The van der Waals surface area contributed by atoms with Crippen molar-refractivity contribution in [2.24, 2.45) is 11.3 Å². The molecule has 1 rings (SSSR count). The van der Waals surface area contributed by atoms with E-state index >= 15 is 0 Å². The first-order valence-corrected chi connectivity index (χ1v) is 10.1. The number of benzene rings is 1. The van der Waals surface area contributed by atoms with Crippen molar-refractivity contribution in [2.75, 3.05) is 10.7 Å². The molecule has 0 spiro atoms. The first-order chi connectivity index (χ1) is 9.69. The van der Waals surface area contributed by atoms with Crippen molar-refractivity contribution in [3.63, 3.8) is 0 Å². The monoisotopic (exact) mass is 402 g/mol. The first kappa shape index (κ1) is 18.2. The second kappa shape index (κ2) is 10.00. The van der Waals surface area contributed by atoms with E-state index in [2.05, 4.69) is 76.0 Å². The van der Waals surface area contributed by atoms with Crippen LogP contribution >= 0.6 is 31.9 Å². The SMILES string of the molecule is CCCCC(CC)CC(CBr)(CBr)Cc1ccccc1. The molecule has 2 heteroatoms. The van der Waals surface area contributed by atoms with Crippen LogP contribution in [-0.4, -0.2) is 10.7 Å². The summed E-state index contributed by atoms with van der Waals surface area (Å²) in [5.74, 6) is 0.855. The topological polar surface area (TPSA) is 0 Å². The Balaban J connectivity index is 2.74. The Kier molecular flexibility index (Phi) is 9.11. The summed E-state index contributed by atoms with van der Waals surface area (Å²) in [6.07, 6.45) is 7.83. The van der Waals surface area contributed by atoms with E-state index in [4.69, 9.17) is 0 Å². The Morgan fingerprint density at radius 2 is 1.70 bits per heavy atom. The quantitative estimate of drug-likeness (QED) is 0.385. The van der Waals surface area contributed by atoms with E-state index in [-0.39, 0.29) is 0 Å². The predicted octanol–water partition coefficient (Wildman–Crippen LogP) is 6.61. The lowest BCUT2D eigenvalue weighted by molar-refractivity contribution is 0.261. The van der Waals surface area contributed by atoms with Gasteiger partial charge in [-0.25, -0.2) is 0 Å². The van der Waals surface area contributed by atoms with Gasteiger partial charge in [0.15, 0.2) is 0 Å². The number of hydrogen-bond acceptors (Lipinski definition) is 0. The van der Waals surface area contributed by atoms with Crippen molar-refractivity contribution >= 4 is 31.9 Å². The fourth-order valence-electron chi connectivity index (χ4n) is 2.90. The Morgan fingerprint density at radius 1 is 1.05 bits per heavy atom. The Hall–Kier alpha value is 0.180. The molecule has 0 N–H and O–H groups in total. The minimum absolute atomic E-state index is 0.343. The van der Waals surface area contributed by atoms with Gasteiger partial charge < -0.3 is 0 Å². The maximum Gasteiger partial charge on any atom is 0.00992 e. The van der Waals surface area contributed by atoms with Gasteiger partial charge in [-0.15, -0.1) is 0 Å². The van der Waals surface area contributed by atoms with Gasteiger partial charge in [0.25, 0.3) is 0 Å². The lowest BCUT2D eigenvalue weighted by Gasteiger charge is -2.34. The van der Waals surface area contributed by atoms with Crippen LogP contribution in [0.5, 0.6) is 0 Å². The van der Waals surface area contributed by atoms with Crippen LogP contribution in [0.4, 0.5) is 0 Å². The van der Waals surface area contributed by atoms with Gasteiger partial charge in [0.05, 0.1) is 0 Å². The third-order valence-corrected chi connectivity index (χ3v) is 6.63. The van der Waals surface area contributed by atoms with E-state index in [0.29, 0.717) is 5.41 Å². The van der Waals surface area contributed by atoms with Crippen molar-refractivity contribution in [3.05, 3.63) is 35.9 Å². The summed E-state index contributed by atoms with van der Waals surface area (Å²) in [5.41, 5.74) is 1.80. The van der Waals surface area contributed by atoms with Gasteiger partial charge in [-0.3, -0.25) is 0 Å². The first-order valence-electron chi connectivity index (χ1n) is 7.85. The second-order valence-corrected chi connectivity index (χ2v) is 7.17. The molecule has 0 saturated heterocycles. The largest absolute Gasteiger partial charge is 0.0922 e. The van der Waals surface area contributed by atoms with Gasteiger partial charge in [0, 0.05) is 10.7 Å². The molecule has 20 heavy (non-hydrogen) atoms. The molecule has 1 aromatic rings. The fraction of sp³-hybridized carbons (Fsp3) is 0.667. The zero-order valence-electron chi connectivity index (χ0n) is 12.9. The van der Waals surface area contributed by atoms with Crippen molar-refractivity contribution in [1.29, 1.82) is 0 Å². The van der Waals surface area contributed by atoms with Crippen LogP contribution in [0.15, 0.2) is 30.3 Å². The highest BCUT2D eigenvalue weighted by Gasteiger charge is 2.30. The zero-order valence-corrected chi connectivity index (χ0v) is 16.0. The van der Waals surface area contributed by atoms with E-state index in [9.17, 15) is 0 Å². The third-order valence-electron chi connectivity index (χ3n) is 4.25. The molecular weight excluding hydrogens is 376 g/mol.